The zero-order valence-corrected chi connectivity index (χ0v) is 20.9. The average Bonchev–Trinajstić information content (AvgIpc) is 3.42. The molecule has 0 radical (unpaired) electrons. The van der Waals surface area contributed by atoms with E-state index in [1.165, 1.54) is 30.2 Å². The fourth-order valence-electron chi connectivity index (χ4n) is 4.60. The lowest BCUT2D eigenvalue weighted by molar-refractivity contribution is 0.102. The SMILES string of the molecule is COC[C@]12C[C@H]1[C@@](C)(c1cc(NC(=O)c3cnc(OCc4nc(C)no4)cn3)cc(F)c1F)N=C(N)S2. The molecule has 1 fully saturated rings. The molecule has 14 heteroatoms. The molecule has 37 heavy (non-hydrogen) atoms. The number of rotatable bonds is 8. The maximum atomic E-state index is 15.1. The van der Waals surface area contributed by atoms with E-state index >= 15 is 4.39 Å². The van der Waals surface area contributed by atoms with Gasteiger partial charge in [-0.1, -0.05) is 16.9 Å². The molecule has 3 aromatic rings. The van der Waals surface area contributed by atoms with Crippen molar-refractivity contribution in [2.24, 2.45) is 16.6 Å². The molecular formula is C23H23F2N7O4S. The fourth-order valence-corrected chi connectivity index (χ4v) is 6.05. The lowest BCUT2D eigenvalue weighted by Crippen LogP contribution is -2.38. The van der Waals surface area contributed by atoms with Gasteiger partial charge in [-0.05, 0) is 26.3 Å². The van der Waals surface area contributed by atoms with Crippen LogP contribution < -0.4 is 15.8 Å². The van der Waals surface area contributed by atoms with Crippen LogP contribution in [0.15, 0.2) is 34.0 Å². The molecule has 3 heterocycles. The van der Waals surface area contributed by atoms with Gasteiger partial charge in [-0.3, -0.25) is 9.79 Å². The zero-order valence-electron chi connectivity index (χ0n) is 20.1. The van der Waals surface area contributed by atoms with E-state index in [0.29, 0.717) is 18.9 Å². The summed E-state index contributed by atoms with van der Waals surface area (Å²) in [5.74, 6) is -2.09. The molecule has 1 saturated carbocycles. The number of fused-ring (bicyclic) bond motifs is 1. The number of ether oxygens (including phenoxy) is 2. The zero-order chi connectivity index (χ0) is 26.4. The Morgan fingerprint density at radius 3 is 2.81 bits per heavy atom. The quantitative estimate of drug-likeness (QED) is 0.444. The van der Waals surface area contributed by atoms with Crippen molar-refractivity contribution in [3.05, 3.63) is 59.1 Å². The Bertz CT molecular complexity index is 1390. The van der Waals surface area contributed by atoms with Gasteiger partial charge in [-0.25, -0.2) is 18.7 Å². The highest BCUT2D eigenvalue weighted by atomic mass is 32.2. The number of halogens is 2. The van der Waals surface area contributed by atoms with Gasteiger partial charge in [0.15, 0.2) is 29.2 Å². The standard InChI is InChI=1S/C23H23F2N7O4S/c1-11-29-18(36-32-11)9-35-17-8-27-15(7-28-17)20(33)30-12-4-13(19(25)14(24)5-12)22(2)16-6-23(16,10-34-3)37-21(26)31-22/h4-5,7-8,16H,6,9-10H2,1-3H3,(H2,26,31)(H,30,33)/t16-,22+,23+/m0/s1. The minimum absolute atomic E-state index is 0.000113. The van der Waals surface area contributed by atoms with E-state index in [-0.39, 0.29) is 51.2 Å². The number of carbonyl (C=O) groups excluding carboxylic acids is 1. The summed E-state index contributed by atoms with van der Waals surface area (Å²) < 4.78 is 45.1. The topological polar surface area (TPSA) is 151 Å². The van der Waals surface area contributed by atoms with Crippen LogP contribution in [0.25, 0.3) is 0 Å². The first-order chi connectivity index (χ1) is 17.6. The first-order valence-corrected chi connectivity index (χ1v) is 12.0. The van der Waals surface area contributed by atoms with E-state index in [1.54, 1.807) is 21.0 Å². The summed E-state index contributed by atoms with van der Waals surface area (Å²) in [6.07, 6.45) is 3.12. The highest BCUT2D eigenvalue weighted by Crippen LogP contribution is 2.66. The molecule has 0 spiro atoms. The molecule has 194 valence electrons. The molecule has 1 aromatic carbocycles. The number of aromatic nitrogens is 4. The van der Waals surface area contributed by atoms with Gasteiger partial charge < -0.3 is 25.0 Å². The first kappa shape index (κ1) is 25.0. The Morgan fingerprint density at radius 1 is 1.32 bits per heavy atom. The van der Waals surface area contributed by atoms with E-state index in [1.807, 2.05) is 0 Å². The molecule has 0 unspecified atom stereocenters. The van der Waals surface area contributed by atoms with Crippen molar-refractivity contribution in [3.8, 4) is 5.88 Å². The summed E-state index contributed by atoms with van der Waals surface area (Å²) in [4.78, 5) is 29.3. The smallest absolute Gasteiger partial charge is 0.275 e. The number of hydrogen-bond donors (Lipinski definition) is 2. The lowest BCUT2D eigenvalue weighted by atomic mass is 9.85. The van der Waals surface area contributed by atoms with Gasteiger partial charge in [0.05, 0.1) is 29.3 Å². The van der Waals surface area contributed by atoms with Crippen LogP contribution in [0.5, 0.6) is 5.88 Å². The molecule has 5 rings (SSSR count). The molecule has 2 aliphatic rings. The number of anilines is 1. The van der Waals surface area contributed by atoms with Crippen molar-refractivity contribution in [3.63, 3.8) is 0 Å². The van der Waals surface area contributed by atoms with Gasteiger partial charge in [0.1, 0.15) is 5.69 Å². The number of benzene rings is 1. The first-order valence-electron chi connectivity index (χ1n) is 11.2. The molecule has 1 amide bonds. The van der Waals surface area contributed by atoms with E-state index < -0.39 is 23.1 Å². The molecule has 0 saturated heterocycles. The third-order valence-corrected chi connectivity index (χ3v) is 7.62. The van der Waals surface area contributed by atoms with Gasteiger partial charge in [0, 0.05) is 30.3 Å². The van der Waals surface area contributed by atoms with Gasteiger partial charge >= 0.3 is 0 Å². The van der Waals surface area contributed by atoms with Crippen molar-refractivity contribution in [2.45, 2.75) is 37.2 Å². The number of nitrogens with one attached hydrogen (secondary N) is 1. The third-order valence-electron chi connectivity index (χ3n) is 6.35. The van der Waals surface area contributed by atoms with E-state index in [0.717, 1.165) is 6.07 Å². The van der Waals surface area contributed by atoms with Crippen molar-refractivity contribution in [1.82, 2.24) is 20.1 Å². The molecule has 3 atom stereocenters. The summed E-state index contributed by atoms with van der Waals surface area (Å²) in [5, 5.41) is 6.47. The number of amides is 1. The van der Waals surface area contributed by atoms with Crippen LogP contribution in [0, 0.1) is 24.5 Å². The molecule has 1 aliphatic carbocycles. The number of thioether (sulfide) groups is 1. The van der Waals surface area contributed by atoms with E-state index in [9.17, 15) is 9.18 Å². The van der Waals surface area contributed by atoms with Gasteiger partial charge in [0.2, 0.25) is 5.88 Å². The lowest BCUT2D eigenvalue weighted by Gasteiger charge is -2.34. The normalized spacial score (nSPS) is 24.2. The second-order valence-electron chi connectivity index (χ2n) is 8.99. The van der Waals surface area contributed by atoms with E-state index in [4.69, 9.17) is 19.7 Å². The summed E-state index contributed by atoms with van der Waals surface area (Å²) in [7, 11) is 1.58. The molecule has 2 aromatic heterocycles. The summed E-state index contributed by atoms with van der Waals surface area (Å²) in [6, 6.07) is 2.27. The molecule has 11 nitrogen and oxygen atoms in total. The number of carbonyl (C=O) groups is 1. The maximum absolute atomic E-state index is 15.1. The van der Waals surface area contributed by atoms with Gasteiger partial charge in [0.25, 0.3) is 11.8 Å². The molecule has 0 bridgehead atoms. The second kappa shape index (κ2) is 9.34. The van der Waals surface area contributed by atoms with E-state index in [2.05, 4.69) is 30.4 Å². The largest absolute Gasteiger partial charge is 0.466 e. The second-order valence-corrected chi connectivity index (χ2v) is 10.4. The van der Waals surface area contributed by atoms with Crippen LogP contribution in [-0.2, 0) is 16.9 Å². The molecule has 3 N–H and O–H groups in total. The Balaban J connectivity index is 1.33. The van der Waals surface area contributed by atoms with Gasteiger partial charge in [-0.2, -0.15) is 4.98 Å². The summed E-state index contributed by atoms with van der Waals surface area (Å²) in [6.45, 7) is 3.77. The minimum atomic E-state index is -1.13. The van der Waals surface area contributed by atoms with Crippen LogP contribution in [0.4, 0.5) is 14.5 Å². The highest BCUT2D eigenvalue weighted by molar-refractivity contribution is 8.15. The number of hydrogen-bond acceptors (Lipinski definition) is 11. The summed E-state index contributed by atoms with van der Waals surface area (Å²) in [5.41, 5.74) is 4.92. The minimum Gasteiger partial charge on any atom is -0.466 e. The maximum Gasteiger partial charge on any atom is 0.275 e. The third kappa shape index (κ3) is 4.73. The van der Waals surface area contributed by atoms with Crippen LogP contribution in [0.2, 0.25) is 0 Å². The Kier molecular flexibility index (Phi) is 6.31. The Hall–Kier alpha value is -3.65. The van der Waals surface area contributed by atoms with Crippen molar-refractivity contribution >= 4 is 28.5 Å². The van der Waals surface area contributed by atoms with Gasteiger partial charge in [-0.15, -0.1) is 0 Å². The number of nitrogens with two attached hydrogens (primary N) is 1. The monoisotopic (exact) mass is 531 g/mol. The predicted molar refractivity (Wildman–Crippen MR) is 129 cm³/mol. The van der Waals surface area contributed by atoms with Crippen LogP contribution in [0.1, 0.15) is 41.1 Å². The van der Waals surface area contributed by atoms with Crippen LogP contribution in [-0.4, -0.2) is 49.6 Å². The summed E-state index contributed by atoms with van der Waals surface area (Å²) >= 11 is 1.39. The number of aliphatic imine (C=N–C) groups is 1. The molecular weight excluding hydrogens is 508 g/mol. The molecule has 1 aliphatic heterocycles. The Labute approximate surface area is 214 Å². The Morgan fingerprint density at radius 2 is 2.14 bits per heavy atom. The number of aryl methyl sites for hydroxylation is 1. The average molecular weight is 532 g/mol. The van der Waals surface area contributed by atoms with Crippen molar-refractivity contribution < 1.29 is 27.6 Å². The van der Waals surface area contributed by atoms with Crippen LogP contribution in [0.3, 0.4) is 0 Å². The van der Waals surface area contributed by atoms with Crippen LogP contribution >= 0.6 is 11.8 Å². The van der Waals surface area contributed by atoms with Crippen molar-refractivity contribution in [1.29, 1.82) is 0 Å². The number of nitrogens with zero attached hydrogens (tertiary/aromatic N) is 5. The predicted octanol–water partition coefficient (Wildman–Crippen LogP) is 2.96. The number of methoxy groups -OCH3 is 1. The number of amidine groups is 1. The van der Waals surface area contributed by atoms with Crippen molar-refractivity contribution in [2.75, 3.05) is 19.0 Å². The fraction of sp³-hybridized carbons (Fsp3) is 0.391. The highest BCUT2D eigenvalue weighted by Gasteiger charge is 2.66.